The highest BCUT2D eigenvalue weighted by Gasteiger charge is 2.34. The number of likely N-dealkylation sites (tertiary alicyclic amines) is 1. The Morgan fingerprint density at radius 2 is 1.68 bits per heavy atom. The van der Waals surface area contributed by atoms with Crippen molar-refractivity contribution in [2.75, 3.05) is 20.8 Å². The largest absolute Gasteiger partial charge is 0.497 e. The summed E-state index contributed by atoms with van der Waals surface area (Å²) in [6.07, 6.45) is 1.69. The lowest BCUT2D eigenvalue weighted by atomic mass is 10.1. The summed E-state index contributed by atoms with van der Waals surface area (Å²) in [5.74, 6) is 2.40. The summed E-state index contributed by atoms with van der Waals surface area (Å²) in [6, 6.07) is 14.3. The van der Waals surface area contributed by atoms with Crippen molar-refractivity contribution in [1.82, 2.24) is 15.0 Å². The Morgan fingerprint density at radius 3 is 2.32 bits per heavy atom. The second-order valence-electron chi connectivity index (χ2n) is 6.57. The van der Waals surface area contributed by atoms with Crippen LogP contribution in [0, 0.1) is 0 Å². The van der Waals surface area contributed by atoms with E-state index in [0.717, 1.165) is 29.9 Å². The van der Waals surface area contributed by atoms with Gasteiger partial charge in [0.25, 0.3) is 5.91 Å². The summed E-state index contributed by atoms with van der Waals surface area (Å²) in [6.45, 7) is 0.662. The fraction of sp³-hybridized carbons (Fsp3) is 0.286. The fourth-order valence-electron chi connectivity index (χ4n) is 3.39. The summed E-state index contributed by atoms with van der Waals surface area (Å²) in [7, 11) is 3.22. The molecular formula is C21H21N3O4. The van der Waals surface area contributed by atoms with Crippen LogP contribution in [0.5, 0.6) is 11.5 Å². The summed E-state index contributed by atoms with van der Waals surface area (Å²) < 4.78 is 15.8. The second-order valence-corrected chi connectivity index (χ2v) is 6.57. The van der Waals surface area contributed by atoms with E-state index in [1.165, 1.54) is 0 Å². The molecule has 3 aromatic rings. The third-order valence-electron chi connectivity index (χ3n) is 4.93. The van der Waals surface area contributed by atoms with Crippen molar-refractivity contribution in [2.45, 2.75) is 18.9 Å². The first-order valence-electron chi connectivity index (χ1n) is 9.12. The van der Waals surface area contributed by atoms with Crippen LogP contribution in [0.2, 0.25) is 0 Å². The van der Waals surface area contributed by atoms with Gasteiger partial charge in [-0.05, 0) is 61.4 Å². The van der Waals surface area contributed by atoms with Crippen LogP contribution in [-0.4, -0.2) is 41.7 Å². The summed E-state index contributed by atoms with van der Waals surface area (Å²) >= 11 is 0. The van der Waals surface area contributed by atoms with Gasteiger partial charge in [0.2, 0.25) is 11.7 Å². The van der Waals surface area contributed by atoms with E-state index in [1.807, 2.05) is 24.3 Å². The van der Waals surface area contributed by atoms with Crippen molar-refractivity contribution >= 4 is 5.91 Å². The zero-order valence-electron chi connectivity index (χ0n) is 15.8. The van der Waals surface area contributed by atoms with Gasteiger partial charge in [-0.15, -0.1) is 0 Å². The predicted molar refractivity (Wildman–Crippen MR) is 102 cm³/mol. The van der Waals surface area contributed by atoms with E-state index in [9.17, 15) is 4.79 Å². The topological polar surface area (TPSA) is 77.7 Å². The normalized spacial score (nSPS) is 16.2. The van der Waals surface area contributed by atoms with Gasteiger partial charge in [0.05, 0.1) is 14.2 Å². The number of carbonyl (C=O) groups excluding carboxylic acids is 1. The SMILES string of the molecule is COc1ccc(C(=O)N2CCC[C@H]2c2nc(-c3ccc(OC)cc3)no2)cc1. The molecule has 0 aliphatic carbocycles. The number of nitrogens with zero attached hydrogens (tertiary/aromatic N) is 3. The van der Waals surface area contributed by atoms with E-state index < -0.39 is 0 Å². The van der Waals surface area contributed by atoms with E-state index >= 15 is 0 Å². The minimum absolute atomic E-state index is 0.0469. The molecule has 0 spiro atoms. The van der Waals surface area contributed by atoms with Gasteiger partial charge in [-0.2, -0.15) is 4.98 Å². The van der Waals surface area contributed by atoms with Crippen molar-refractivity contribution in [1.29, 1.82) is 0 Å². The maximum atomic E-state index is 13.0. The Bertz CT molecular complexity index is 951. The highest BCUT2D eigenvalue weighted by atomic mass is 16.5. The molecule has 1 aliphatic rings. The molecule has 4 rings (SSSR count). The molecule has 0 unspecified atom stereocenters. The number of hydrogen-bond acceptors (Lipinski definition) is 6. The number of hydrogen-bond donors (Lipinski definition) is 0. The first kappa shape index (κ1) is 18.0. The van der Waals surface area contributed by atoms with E-state index in [2.05, 4.69) is 10.1 Å². The van der Waals surface area contributed by atoms with Gasteiger partial charge in [0.15, 0.2) is 0 Å². The van der Waals surface area contributed by atoms with E-state index in [0.29, 0.717) is 23.8 Å². The van der Waals surface area contributed by atoms with Gasteiger partial charge in [-0.25, -0.2) is 0 Å². The van der Waals surface area contributed by atoms with Crippen molar-refractivity contribution in [3.63, 3.8) is 0 Å². The first-order valence-corrected chi connectivity index (χ1v) is 9.12. The third-order valence-corrected chi connectivity index (χ3v) is 4.93. The molecule has 1 saturated heterocycles. The highest BCUT2D eigenvalue weighted by molar-refractivity contribution is 5.94. The van der Waals surface area contributed by atoms with Crippen molar-refractivity contribution in [3.8, 4) is 22.9 Å². The van der Waals surface area contributed by atoms with Gasteiger partial charge in [0.1, 0.15) is 17.5 Å². The number of rotatable bonds is 5. The molecule has 2 heterocycles. The molecule has 1 amide bonds. The molecule has 0 N–H and O–H groups in total. The second kappa shape index (κ2) is 7.72. The molecule has 7 nitrogen and oxygen atoms in total. The number of ether oxygens (including phenoxy) is 2. The molecule has 7 heteroatoms. The number of amides is 1. The lowest BCUT2D eigenvalue weighted by Crippen LogP contribution is -2.30. The molecule has 144 valence electrons. The fourth-order valence-corrected chi connectivity index (χ4v) is 3.39. The molecule has 0 bridgehead atoms. The molecule has 1 fully saturated rings. The predicted octanol–water partition coefficient (Wildman–Crippen LogP) is 3.73. The molecule has 1 aliphatic heterocycles. The number of methoxy groups -OCH3 is 2. The third kappa shape index (κ3) is 3.43. The van der Waals surface area contributed by atoms with Gasteiger partial charge in [-0.3, -0.25) is 4.79 Å². The Labute approximate surface area is 162 Å². The van der Waals surface area contributed by atoms with Crippen LogP contribution >= 0.6 is 0 Å². The molecule has 0 radical (unpaired) electrons. The maximum absolute atomic E-state index is 13.0. The molecule has 0 saturated carbocycles. The Hall–Kier alpha value is -3.35. The van der Waals surface area contributed by atoms with Crippen molar-refractivity contribution in [3.05, 3.63) is 60.0 Å². The van der Waals surface area contributed by atoms with Crippen molar-refractivity contribution < 1.29 is 18.8 Å². The van der Waals surface area contributed by atoms with Crippen LogP contribution < -0.4 is 9.47 Å². The van der Waals surface area contributed by atoms with Crippen LogP contribution in [0.4, 0.5) is 0 Å². The van der Waals surface area contributed by atoms with Gasteiger partial charge < -0.3 is 18.9 Å². The van der Waals surface area contributed by atoms with E-state index in [4.69, 9.17) is 14.0 Å². The van der Waals surface area contributed by atoms with Crippen LogP contribution in [-0.2, 0) is 0 Å². The molecule has 2 aromatic carbocycles. The van der Waals surface area contributed by atoms with E-state index in [-0.39, 0.29) is 11.9 Å². The van der Waals surface area contributed by atoms with Gasteiger partial charge in [-0.1, -0.05) is 5.16 Å². The maximum Gasteiger partial charge on any atom is 0.254 e. The molecule has 28 heavy (non-hydrogen) atoms. The summed E-state index contributed by atoms with van der Waals surface area (Å²) in [4.78, 5) is 19.3. The Kier molecular flexibility index (Phi) is 4.97. The minimum atomic E-state index is -0.214. The Balaban J connectivity index is 1.54. The van der Waals surface area contributed by atoms with Gasteiger partial charge >= 0.3 is 0 Å². The lowest BCUT2D eigenvalue weighted by molar-refractivity contribution is 0.0710. The Morgan fingerprint density at radius 1 is 1.04 bits per heavy atom. The average Bonchev–Trinajstić information content (AvgIpc) is 3.43. The number of benzene rings is 2. The van der Waals surface area contributed by atoms with Crippen LogP contribution in [0.3, 0.4) is 0 Å². The molecular weight excluding hydrogens is 358 g/mol. The quantitative estimate of drug-likeness (QED) is 0.672. The monoisotopic (exact) mass is 379 g/mol. The highest BCUT2D eigenvalue weighted by Crippen LogP contribution is 2.33. The first-order chi connectivity index (χ1) is 13.7. The van der Waals surface area contributed by atoms with Crippen LogP contribution in [0.1, 0.15) is 35.1 Å². The minimum Gasteiger partial charge on any atom is -0.497 e. The number of carbonyl (C=O) groups is 1. The van der Waals surface area contributed by atoms with Crippen molar-refractivity contribution in [2.24, 2.45) is 0 Å². The van der Waals surface area contributed by atoms with Gasteiger partial charge in [0, 0.05) is 17.7 Å². The summed E-state index contributed by atoms with van der Waals surface area (Å²) in [5, 5.41) is 4.09. The van der Waals surface area contributed by atoms with Crippen LogP contribution in [0.15, 0.2) is 53.1 Å². The number of aromatic nitrogens is 2. The van der Waals surface area contributed by atoms with E-state index in [1.54, 1.807) is 43.4 Å². The zero-order chi connectivity index (χ0) is 19.5. The summed E-state index contributed by atoms with van der Waals surface area (Å²) in [5.41, 5.74) is 1.45. The van der Waals surface area contributed by atoms with Crippen LogP contribution in [0.25, 0.3) is 11.4 Å². The average molecular weight is 379 g/mol. The lowest BCUT2D eigenvalue weighted by Gasteiger charge is -2.22. The zero-order valence-corrected chi connectivity index (χ0v) is 15.8. The molecule has 1 aromatic heterocycles. The molecule has 1 atom stereocenters. The standard InChI is InChI=1S/C21H21N3O4/c1-26-16-9-5-14(6-10-16)19-22-20(28-23-19)18-4-3-13-24(18)21(25)15-7-11-17(27-2)12-8-15/h5-12,18H,3-4,13H2,1-2H3/t18-/m0/s1. The smallest absolute Gasteiger partial charge is 0.254 e.